The highest BCUT2D eigenvalue weighted by atomic mass is 35.5. The predicted molar refractivity (Wildman–Crippen MR) is 197 cm³/mol. The van der Waals surface area contributed by atoms with Gasteiger partial charge in [-0.1, -0.05) is 43.6 Å². The molecule has 302 valence electrons. The number of rotatable bonds is 16. The van der Waals surface area contributed by atoms with Gasteiger partial charge >= 0.3 is 31.8 Å². The number of amides is 1. The highest BCUT2D eigenvalue weighted by molar-refractivity contribution is 7.51. The molecule has 0 saturated carbocycles. The van der Waals surface area contributed by atoms with E-state index >= 15 is 0 Å². The molecule has 1 atom stereocenters. The molecule has 22 heteroatoms. The van der Waals surface area contributed by atoms with E-state index in [9.17, 15) is 36.9 Å². The summed E-state index contributed by atoms with van der Waals surface area (Å²) in [5, 5.41) is 12.6. The van der Waals surface area contributed by atoms with Crippen molar-refractivity contribution < 1.29 is 56.5 Å². The first-order valence-electron chi connectivity index (χ1n) is 16.0. The molecule has 1 aromatic heterocycles. The Morgan fingerprint density at radius 1 is 1.09 bits per heavy atom. The molecule has 0 fully saturated rings. The van der Waals surface area contributed by atoms with Crippen LogP contribution in [0.2, 0.25) is 5.02 Å². The van der Waals surface area contributed by atoms with Crippen LogP contribution in [0.15, 0.2) is 35.1 Å². The van der Waals surface area contributed by atoms with Gasteiger partial charge in [-0.25, -0.2) is 13.8 Å². The molecule has 0 aliphatic carbocycles. The van der Waals surface area contributed by atoms with E-state index in [4.69, 9.17) is 59.2 Å². The Labute approximate surface area is 324 Å². The Kier molecular flexibility index (Phi) is 21.1. The number of para-hydroxylation sites is 1. The second kappa shape index (κ2) is 23.4. The maximum absolute atomic E-state index is 14.2. The molecule has 0 aliphatic heterocycles. The third-order valence-electron chi connectivity index (χ3n) is 6.96. The second-order valence-corrected chi connectivity index (χ2v) is 13.7. The number of ether oxygens (including phenoxy) is 2. The van der Waals surface area contributed by atoms with Crippen LogP contribution >= 0.6 is 42.4 Å². The molecule has 2 aromatic carbocycles. The van der Waals surface area contributed by atoms with Crippen LogP contribution in [0.1, 0.15) is 49.8 Å². The second-order valence-electron chi connectivity index (χ2n) is 10.9. The molecular weight excluding hydrogens is 809 g/mol. The SMILES string of the molecule is CCOC(=O)C(Cl)Cc1cc(-n2nc(C)n(C(F)F)c2=O)c(F)cc1Cl.CCc1cccc(CC)c1N(COC)C(=O)CCl.O=C(O)CNCP(=O)(O)O. The number of aliphatic carboxylic acids is 1. The molecule has 1 amide bonds. The Morgan fingerprint density at radius 3 is 2.13 bits per heavy atom. The number of aromatic nitrogens is 3. The van der Waals surface area contributed by atoms with Crippen LogP contribution in [0.4, 0.5) is 18.9 Å². The van der Waals surface area contributed by atoms with E-state index in [2.05, 4.69) is 24.3 Å². The van der Waals surface area contributed by atoms with Crippen molar-refractivity contribution in [2.75, 3.05) is 44.1 Å². The van der Waals surface area contributed by atoms with Crippen LogP contribution in [0, 0.1) is 12.7 Å². The van der Waals surface area contributed by atoms with Crippen molar-refractivity contribution >= 4 is 65.9 Å². The zero-order valence-corrected chi connectivity index (χ0v) is 33.1. The van der Waals surface area contributed by atoms with Crippen LogP contribution in [-0.4, -0.2) is 91.6 Å². The van der Waals surface area contributed by atoms with E-state index in [1.54, 1.807) is 18.9 Å². The minimum atomic E-state index is -4.10. The van der Waals surface area contributed by atoms with Gasteiger partial charge in [-0.2, -0.15) is 13.5 Å². The number of nitrogens with zero attached hydrogens (tertiary/aromatic N) is 4. The molecule has 54 heavy (non-hydrogen) atoms. The average Bonchev–Trinajstić information content (AvgIpc) is 3.40. The number of carboxylic acid groups (broad SMARTS) is 1. The molecule has 3 aromatic rings. The molecule has 0 bridgehead atoms. The topological polar surface area (TPSA) is 203 Å². The first-order valence-corrected chi connectivity index (χ1v) is 19.1. The number of anilines is 1. The van der Waals surface area contributed by atoms with Gasteiger partial charge in [0.25, 0.3) is 0 Å². The molecule has 0 radical (unpaired) electrons. The number of halogens is 6. The van der Waals surface area contributed by atoms with E-state index in [0.29, 0.717) is 4.68 Å². The number of aryl methyl sites for hydroxylation is 3. The maximum Gasteiger partial charge on any atom is 0.355 e. The van der Waals surface area contributed by atoms with Crippen LogP contribution in [0.5, 0.6) is 0 Å². The molecule has 0 aliphatic rings. The summed E-state index contributed by atoms with van der Waals surface area (Å²) in [5.41, 5.74) is 1.87. The number of esters is 1. The quantitative estimate of drug-likeness (QED) is 0.0650. The third kappa shape index (κ3) is 15.0. The molecule has 15 nitrogen and oxygen atoms in total. The fourth-order valence-corrected chi connectivity index (χ4v) is 5.60. The van der Waals surface area contributed by atoms with Gasteiger partial charge < -0.3 is 24.4 Å². The fraction of sp³-hybridized carbons (Fsp3) is 0.469. The zero-order valence-electron chi connectivity index (χ0n) is 29.9. The summed E-state index contributed by atoms with van der Waals surface area (Å²) in [6.45, 7) is 3.75. The molecule has 3 rings (SSSR count). The monoisotopic (exact) mass is 849 g/mol. The highest BCUT2D eigenvalue weighted by Gasteiger charge is 2.24. The molecule has 0 spiro atoms. The van der Waals surface area contributed by atoms with Gasteiger partial charge in [0.05, 0.1) is 25.1 Å². The first-order chi connectivity index (χ1) is 25.3. The van der Waals surface area contributed by atoms with E-state index in [-0.39, 0.29) is 58.2 Å². The van der Waals surface area contributed by atoms with Gasteiger partial charge in [0.2, 0.25) is 5.91 Å². The van der Waals surface area contributed by atoms with Crippen molar-refractivity contribution in [3.8, 4) is 5.69 Å². The summed E-state index contributed by atoms with van der Waals surface area (Å²) in [7, 11) is -2.52. The Bertz CT molecular complexity index is 1800. The number of carbonyl (C=O) groups excluding carboxylic acids is 2. The molecular formula is C32H42Cl3F3N5O10P. The van der Waals surface area contributed by atoms with Gasteiger partial charge in [0.1, 0.15) is 29.5 Å². The van der Waals surface area contributed by atoms with E-state index < -0.39 is 55.8 Å². The van der Waals surface area contributed by atoms with Crippen molar-refractivity contribution in [2.45, 2.75) is 58.9 Å². The summed E-state index contributed by atoms with van der Waals surface area (Å²) < 4.78 is 60.7. The summed E-state index contributed by atoms with van der Waals surface area (Å²) in [4.78, 5) is 63.4. The van der Waals surface area contributed by atoms with Crippen molar-refractivity contribution in [2.24, 2.45) is 0 Å². The van der Waals surface area contributed by atoms with Crippen LogP contribution < -0.4 is 15.9 Å². The highest BCUT2D eigenvalue weighted by Crippen LogP contribution is 2.32. The molecule has 1 unspecified atom stereocenters. The molecule has 0 saturated heterocycles. The van der Waals surface area contributed by atoms with Crippen LogP contribution in [0.25, 0.3) is 5.69 Å². The lowest BCUT2D eigenvalue weighted by molar-refractivity contribution is -0.142. The lowest BCUT2D eigenvalue weighted by Gasteiger charge is -2.26. The predicted octanol–water partition coefficient (Wildman–Crippen LogP) is 5.03. The number of nitrogens with one attached hydrogen (secondary N) is 1. The van der Waals surface area contributed by atoms with Crippen molar-refractivity contribution in [3.05, 3.63) is 74.2 Å². The van der Waals surface area contributed by atoms with Crippen molar-refractivity contribution in [1.82, 2.24) is 19.7 Å². The normalized spacial score (nSPS) is 11.6. The lowest BCUT2D eigenvalue weighted by atomic mass is 10.0. The smallest absolute Gasteiger partial charge is 0.355 e. The standard InChI is InChI=1S/C15H14Cl2F3N3O3.C14H20ClNO2.C3H8NO5P/c1-3-26-13(24)10(17)4-8-5-12(11(18)6-9(8)16)23-15(25)22(14(19)20)7(2)21-23;1-4-11-7-6-8-12(5-2)14(11)16(10-18-3)13(17)9-15;5-3(6)1-4-2-10(7,8)9/h5-6,10,14H,3-4H2,1-2H3;6-8H,4-5,9-10H2,1-3H3;4H,1-2H2,(H,5,6)(H2,7,8,9). The van der Waals surface area contributed by atoms with Crippen LogP contribution in [-0.2, 0) is 47.7 Å². The van der Waals surface area contributed by atoms with E-state index in [0.717, 1.165) is 41.8 Å². The summed E-state index contributed by atoms with van der Waals surface area (Å²) in [6, 6.07) is 8.13. The maximum atomic E-state index is 14.2. The number of benzene rings is 2. The molecule has 4 N–H and O–H groups in total. The summed E-state index contributed by atoms with van der Waals surface area (Å²) in [5.74, 6) is -3.23. The van der Waals surface area contributed by atoms with E-state index in [1.165, 1.54) is 6.92 Å². The third-order valence-corrected chi connectivity index (χ3v) is 8.51. The van der Waals surface area contributed by atoms with Crippen molar-refractivity contribution in [3.63, 3.8) is 0 Å². The number of alkyl halides is 4. The number of methoxy groups -OCH3 is 1. The average molecular weight is 851 g/mol. The minimum absolute atomic E-state index is 0.0371. The molecule has 1 heterocycles. The Morgan fingerprint density at radius 2 is 1.69 bits per heavy atom. The number of hydrogen-bond acceptors (Lipinski definition) is 9. The lowest BCUT2D eigenvalue weighted by Crippen LogP contribution is -2.35. The fourth-order valence-electron chi connectivity index (χ4n) is 4.60. The van der Waals surface area contributed by atoms with E-state index in [1.807, 2.05) is 18.2 Å². The van der Waals surface area contributed by atoms with Crippen LogP contribution in [0.3, 0.4) is 0 Å². The van der Waals surface area contributed by atoms with Gasteiger partial charge in [0, 0.05) is 18.6 Å². The Hall–Kier alpha value is -3.48. The van der Waals surface area contributed by atoms with Gasteiger partial charge in [-0.15, -0.1) is 28.3 Å². The first kappa shape index (κ1) is 48.5. The number of carboxylic acids is 1. The Balaban J connectivity index is 0.000000451. The minimum Gasteiger partial charge on any atom is -0.480 e. The van der Waals surface area contributed by atoms with Crippen molar-refractivity contribution in [1.29, 1.82) is 0 Å². The zero-order chi connectivity index (χ0) is 41.3. The largest absolute Gasteiger partial charge is 0.480 e. The van der Waals surface area contributed by atoms with Gasteiger partial charge in [-0.3, -0.25) is 29.2 Å². The summed E-state index contributed by atoms with van der Waals surface area (Å²) >= 11 is 17.6. The van der Waals surface area contributed by atoms with Gasteiger partial charge in [0.15, 0.2) is 5.82 Å². The summed E-state index contributed by atoms with van der Waals surface area (Å²) in [6.07, 6.45) is 1.03. The van der Waals surface area contributed by atoms with Gasteiger partial charge in [-0.05, 0) is 55.5 Å². The number of hydrogen-bond donors (Lipinski definition) is 4. The number of carbonyl (C=O) groups is 3.